The molecule has 2 rings (SSSR count). The van der Waals surface area contributed by atoms with E-state index >= 15 is 0 Å². The molecule has 0 heterocycles. The summed E-state index contributed by atoms with van der Waals surface area (Å²) < 4.78 is 5.23. The number of hydrogen-bond acceptors (Lipinski definition) is 4. The van der Waals surface area contributed by atoms with Crippen LogP contribution in [-0.4, -0.2) is 49.0 Å². The summed E-state index contributed by atoms with van der Waals surface area (Å²) in [6.07, 6.45) is 1.37. The molecule has 2 N–H and O–H groups in total. The van der Waals surface area contributed by atoms with E-state index in [-0.39, 0.29) is 0 Å². The Bertz CT molecular complexity index is 447. The van der Waals surface area contributed by atoms with E-state index in [2.05, 4.69) is 4.90 Å². The normalized spacial score (nSPS) is 30.5. The Morgan fingerprint density at radius 3 is 2.75 bits per heavy atom. The van der Waals surface area contributed by atoms with Crippen molar-refractivity contribution in [2.45, 2.75) is 31.0 Å². The van der Waals surface area contributed by atoms with Crippen LogP contribution in [-0.2, 0) is 5.60 Å². The summed E-state index contributed by atoms with van der Waals surface area (Å²) in [6, 6.07) is 7.52. The third-order valence-corrected chi connectivity index (χ3v) is 4.04. The molecule has 1 aromatic rings. The lowest BCUT2D eigenvalue weighted by Crippen LogP contribution is -2.42. The topological polar surface area (TPSA) is 52.9 Å². The van der Waals surface area contributed by atoms with Crippen molar-refractivity contribution in [2.75, 3.05) is 27.7 Å². The second-order valence-electron chi connectivity index (χ2n) is 6.19. The number of rotatable bonds is 4. The van der Waals surface area contributed by atoms with Gasteiger partial charge in [0.1, 0.15) is 5.75 Å². The fourth-order valence-electron chi connectivity index (χ4n) is 3.31. The molecule has 0 saturated heterocycles. The molecular formula is C16H25NO3. The number of ether oxygens (including phenoxy) is 1. The molecule has 0 bridgehead atoms. The molecule has 0 amide bonds. The Kier molecular flexibility index (Phi) is 4.68. The molecule has 3 atom stereocenters. The van der Waals surface area contributed by atoms with Crippen LogP contribution in [0.15, 0.2) is 24.3 Å². The van der Waals surface area contributed by atoms with Crippen LogP contribution in [0.4, 0.5) is 0 Å². The van der Waals surface area contributed by atoms with E-state index < -0.39 is 11.7 Å². The number of aliphatic hydroxyl groups is 2. The maximum Gasteiger partial charge on any atom is 0.119 e. The molecule has 4 nitrogen and oxygen atoms in total. The molecule has 0 spiro atoms. The van der Waals surface area contributed by atoms with Crippen LogP contribution in [0, 0.1) is 5.92 Å². The highest BCUT2D eigenvalue weighted by atomic mass is 16.5. The van der Waals surface area contributed by atoms with Crippen LogP contribution in [0.25, 0.3) is 0 Å². The highest BCUT2D eigenvalue weighted by molar-refractivity contribution is 5.33. The van der Waals surface area contributed by atoms with Crippen LogP contribution >= 0.6 is 0 Å². The first kappa shape index (κ1) is 15.3. The van der Waals surface area contributed by atoms with E-state index in [1.807, 2.05) is 38.4 Å². The van der Waals surface area contributed by atoms with Crippen molar-refractivity contribution in [2.24, 2.45) is 5.92 Å². The lowest BCUT2D eigenvalue weighted by atomic mass is 9.73. The SMILES string of the molecule is COc1cccc([C@@]2(O)C[C@@H](O)C[C@H](CN(C)C)C2)c1. The van der Waals surface area contributed by atoms with Gasteiger partial charge in [-0.3, -0.25) is 0 Å². The van der Waals surface area contributed by atoms with E-state index in [1.54, 1.807) is 7.11 Å². The molecule has 1 fully saturated rings. The lowest BCUT2D eigenvalue weighted by Gasteiger charge is -2.40. The van der Waals surface area contributed by atoms with Gasteiger partial charge >= 0.3 is 0 Å². The summed E-state index contributed by atoms with van der Waals surface area (Å²) in [6.45, 7) is 0.878. The molecule has 0 unspecified atom stereocenters. The summed E-state index contributed by atoms with van der Waals surface area (Å²) in [7, 11) is 5.66. The summed E-state index contributed by atoms with van der Waals surface area (Å²) in [4.78, 5) is 2.11. The van der Waals surface area contributed by atoms with Gasteiger partial charge in [-0.2, -0.15) is 0 Å². The summed E-state index contributed by atoms with van der Waals surface area (Å²) in [5.74, 6) is 1.03. The predicted molar refractivity (Wildman–Crippen MR) is 78.8 cm³/mol. The fourth-order valence-corrected chi connectivity index (χ4v) is 3.31. The Morgan fingerprint density at radius 1 is 1.35 bits per heavy atom. The van der Waals surface area contributed by atoms with Gasteiger partial charge in [-0.1, -0.05) is 12.1 Å². The van der Waals surface area contributed by atoms with Gasteiger partial charge in [0, 0.05) is 13.0 Å². The number of hydrogen-bond donors (Lipinski definition) is 2. The maximum atomic E-state index is 11.0. The molecule has 20 heavy (non-hydrogen) atoms. The average molecular weight is 279 g/mol. The highest BCUT2D eigenvalue weighted by Crippen LogP contribution is 2.41. The van der Waals surface area contributed by atoms with Crippen LogP contribution in [0.3, 0.4) is 0 Å². The van der Waals surface area contributed by atoms with Crippen LogP contribution in [0.5, 0.6) is 5.75 Å². The molecule has 112 valence electrons. The summed E-state index contributed by atoms with van der Waals surface area (Å²) >= 11 is 0. The minimum Gasteiger partial charge on any atom is -0.497 e. The Labute approximate surface area is 121 Å². The van der Waals surface area contributed by atoms with Crippen molar-refractivity contribution >= 4 is 0 Å². The monoisotopic (exact) mass is 279 g/mol. The molecule has 4 heteroatoms. The first-order valence-electron chi connectivity index (χ1n) is 7.12. The summed E-state index contributed by atoms with van der Waals surface area (Å²) in [5, 5.41) is 21.1. The van der Waals surface area contributed by atoms with Gasteiger partial charge in [-0.15, -0.1) is 0 Å². The largest absolute Gasteiger partial charge is 0.497 e. The smallest absolute Gasteiger partial charge is 0.119 e. The van der Waals surface area contributed by atoms with Gasteiger partial charge in [-0.25, -0.2) is 0 Å². The number of aliphatic hydroxyl groups excluding tert-OH is 1. The Hall–Kier alpha value is -1.10. The lowest BCUT2D eigenvalue weighted by molar-refractivity contribution is -0.0739. The fraction of sp³-hybridized carbons (Fsp3) is 0.625. The van der Waals surface area contributed by atoms with E-state index in [0.717, 1.165) is 24.3 Å². The molecule has 1 aromatic carbocycles. The second-order valence-corrected chi connectivity index (χ2v) is 6.19. The Balaban J connectivity index is 2.22. The second kappa shape index (κ2) is 6.12. The van der Waals surface area contributed by atoms with Crippen molar-refractivity contribution in [1.29, 1.82) is 0 Å². The van der Waals surface area contributed by atoms with Gasteiger partial charge in [0.15, 0.2) is 0 Å². The van der Waals surface area contributed by atoms with Gasteiger partial charge in [0.05, 0.1) is 18.8 Å². The first-order valence-corrected chi connectivity index (χ1v) is 7.12. The zero-order valence-corrected chi connectivity index (χ0v) is 12.5. The zero-order valence-electron chi connectivity index (χ0n) is 12.5. The number of nitrogens with zero attached hydrogens (tertiary/aromatic N) is 1. The number of benzene rings is 1. The molecule has 0 aliphatic heterocycles. The third kappa shape index (κ3) is 3.51. The standard InChI is InChI=1S/C16H25NO3/c1-17(2)11-12-7-14(18)10-16(19,9-12)13-5-4-6-15(8-13)20-3/h4-6,8,12,14,18-19H,7,9-11H2,1-3H3/t12-,14-,16-/m0/s1. The molecule has 0 aromatic heterocycles. The van der Waals surface area contributed by atoms with Crippen molar-refractivity contribution in [1.82, 2.24) is 4.90 Å². The number of methoxy groups -OCH3 is 1. The van der Waals surface area contributed by atoms with Gasteiger partial charge in [0.2, 0.25) is 0 Å². The zero-order chi connectivity index (χ0) is 14.8. The van der Waals surface area contributed by atoms with E-state index in [1.165, 1.54) is 0 Å². The van der Waals surface area contributed by atoms with Crippen molar-refractivity contribution in [3.05, 3.63) is 29.8 Å². The third-order valence-electron chi connectivity index (χ3n) is 4.04. The molecular weight excluding hydrogens is 254 g/mol. The maximum absolute atomic E-state index is 11.0. The predicted octanol–water partition coefficient (Wildman–Crippen LogP) is 1.61. The first-order chi connectivity index (χ1) is 9.43. The van der Waals surface area contributed by atoms with E-state index in [0.29, 0.717) is 18.8 Å². The average Bonchev–Trinajstić information content (AvgIpc) is 2.37. The quantitative estimate of drug-likeness (QED) is 0.879. The van der Waals surface area contributed by atoms with Gasteiger partial charge in [-0.05, 0) is 50.6 Å². The van der Waals surface area contributed by atoms with Crippen molar-refractivity contribution < 1.29 is 14.9 Å². The molecule has 0 radical (unpaired) electrons. The minimum atomic E-state index is -0.965. The summed E-state index contributed by atoms with van der Waals surface area (Å²) in [5.41, 5.74) is -0.133. The minimum absolute atomic E-state index is 0.296. The van der Waals surface area contributed by atoms with E-state index in [9.17, 15) is 10.2 Å². The van der Waals surface area contributed by atoms with Crippen LogP contribution < -0.4 is 4.74 Å². The van der Waals surface area contributed by atoms with E-state index in [4.69, 9.17) is 4.74 Å². The van der Waals surface area contributed by atoms with Crippen molar-refractivity contribution in [3.63, 3.8) is 0 Å². The molecule has 1 aliphatic carbocycles. The molecule has 1 aliphatic rings. The highest BCUT2D eigenvalue weighted by Gasteiger charge is 2.40. The molecule has 1 saturated carbocycles. The van der Waals surface area contributed by atoms with Crippen LogP contribution in [0.2, 0.25) is 0 Å². The van der Waals surface area contributed by atoms with Gasteiger partial charge in [0.25, 0.3) is 0 Å². The van der Waals surface area contributed by atoms with Crippen molar-refractivity contribution in [3.8, 4) is 5.75 Å². The van der Waals surface area contributed by atoms with Crippen LogP contribution in [0.1, 0.15) is 24.8 Å². The Morgan fingerprint density at radius 2 is 2.10 bits per heavy atom. The van der Waals surface area contributed by atoms with Gasteiger partial charge < -0.3 is 19.8 Å².